The zero-order chi connectivity index (χ0) is 9.19. The first kappa shape index (κ1) is 9.56. The van der Waals surface area contributed by atoms with Crippen LogP contribution in [0.2, 0.25) is 0 Å². The number of hydrogen-bond acceptors (Lipinski definition) is 1. The molecule has 0 bridgehead atoms. The quantitative estimate of drug-likeness (QED) is 0.687. The van der Waals surface area contributed by atoms with Gasteiger partial charge in [0, 0.05) is 13.0 Å². The molecule has 1 atom stereocenters. The van der Waals surface area contributed by atoms with E-state index in [-0.39, 0.29) is 5.91 Å². The Balaban J connectivity index is 2.51. The third kappa shape index (κ3) is 1.99. The Labute approximate surface area is 74.7 Å². The highest BCUT2D eigenvalue weighted by atomic mass is 16.1. The molecule has 1 rings (SSSR count). The maximum atomic E-state index is 11.0. The van der Waals surface area contributed by atoms with Crippen molar-refractivity contribution in [3.63, 3.8) is 0 Å². The standard InChI is InChI=1S/C10H19NO/c1-4-5-10(2,3)8-6-9(12)11-7-8/h8H,4-7H2,1-3H3,(H,11,12). The fourth-order valence-electron chi connectivity index (χ4n) is 2.01. The molecule has 0 radical (unpaired) electrons. The summed E-state index contributed by atoms with van der Waals surface area (Å²) in [7, 11) is 0. The molecule has 0 aromatic carbocycles. The second-order valence-electron chi connectivity index (χ2n) is 4.44. The second kappa shape index (κ2) is 3.46. The van der Waals surface area contributed by atoms with Crippen molar-refractivity contribution in [3.05, 3.63) is 0 Å². The zero-order valence-corrected chi connectivity index (χ0v) is 8.31. The van der Waals surface area contributed by atoms with Gasteiger partial charge in [-0.3, -0.25) is 4.79 Å². The van der Waals surface area contributed by atoms with E-state index in [4.69, 9.17) is 0 Å². The average Bonchev–Trinajstić information content (AvgIpc) is 2.36. The molecule has 0 spiro atoms. The Morgan fingerprint density at radius 2 is 2.25 bits per heavy atom. The van der Waals surface area contributed by atoms with E-state index in [0.29, 0.717) is 11.3 Å². The van der Waals surface area contributed by atoms with Gasteiger partial charge in [-0.1, -0.05) is 27.2 Å². The molecular weight excluding hydrogens is 150 g/mol. The Bertz CT molecular complexity index is 175. The molecule has 0 aliphatic carbocycles. The van der Waals surface area contributed by atoms with Crippen molar-refractivity contribution in [1.82, 2.24) is 5.32 Å². The number of hydrogen-bond donors (Lipinski definition) is 1. The minimum absolute atomic E-state index is 0.226. The van der Waals surface area contributed by atoms with Crippen LogP contribution in [0.4, 0.5) is 0 Å². The average molecular weight is 169 g/mol. The summed E-state index contributed by atoms with van der Waals surface area (Å²) >= 11 is 0. The van der Waals surface area contributed by atoms with Gasteiger partial charge in [0.25, 0.3) is 0 Å². The number of carbonyl (C=O) groups is 1. The third-order valence-electron chi connectivity index (χ3n) is 2.98. The van der Waals surface area contributed by atoms with E-state index in [1.807, 2.05) is 0 Å². The molecule has 1 amide bonds. The molecule has 1 saturated heterocycles. The van der Waals surface area contributed by atoms with Crippen molar-refractivity contribution >= 4 is 5.91 Å². The summed E-state index contributed by atoms with van der Waals surface area (Å²) in [6.45, 7) is 7.61. The van der Waals surface area contributed by atoms with Gasteiger partial charge in [-0.05, 0) is 17.8 Å². The van der Waals surface area contributed by atoms with Gasteiger partial charge in [0.2, 0.25) is 5.91 Å². The van der Waals surface area contributed by atoms with Crippen molar-refractivity contribution in [3.8, 4) is 0 Å². The fourth-order valence-corrected chi connectivity index (χ4v) is 2.01. The second-order valence-corrected chi connectivity index (χ2v) is 4.44. The molecule has 0 aromatic rings. The van der Waals surface area contributed by atoms with Gasteiger partial charge in [0.05, 0.1) is 0 Å². The molecular formula is C10H19NO. The highest BCUT2D eigenvalue weighted by Gasteiger charge is 2.34. The van der Waals surface area contributed by atoms with E-state index >= 15 is 0 Å². The fraction of sp³-hybridized carbons (Fsp3) is 0.900. The Morgan fingerprint density at radius 1 is 1.58 bits per heavy atom. The Morgan fingerprint density at radius 3 is 2.67 bits per heavy atom. The molecule has 70 valence electrons. The summed E-state index contributed by atoms with van der Waals surface area (Å²) < 4.78 is 0. The molecule has 1 unspecified atom stereocenters. The smallest absolute Gasteiger partial charge is 0.220 e. The molecule has 2 nitrogen and oxygen atoms in total. The number of rotatable bonds is 3. The van der Waals surface area contributed by atoms with Crippen molar-refractivity contribution in [2.24, 2.45) is 11.3 Å². The summed E-state index contributed by atoms with van der Waals surface area (Å²) in [4.78, 5) is 11.0. The van der Waals surface area contributed by atoms with Crippen molar-refractivity contribution in [1.29, 1.82) is 0 Å². The topological polar surface area (TPSA) is 29.1 Å². The lowest BCUT2D eigenvalue weighted by molar-refractivity contribution is -0.119. The number of amides is 1. The predicted molar refractivity (Wildman–Crippen MR) is 49.8 cm³/mol. The van der Waals surface area contributed by atoms with E-state index in [0.717, 1.165) is 13.0 Å². The van der Waals surface area contributed by atoms with E-state index in [9.17, 15) is 4.79 Å². The molecule has 2 heteroatoms. The van der Waals surface area contributed by atoms with Gasteiger partial charge in [-0.15, -0.1) is 0 Å². The minimum atomic E-state index is 0.226. The van der Waals surface area contributed by atoms with Crippen LogP contribution in [0.3, 0.4) is 0 Å². The van der Waals surface area contributed by atoms with Gasteiger partial charge < -0.3 is 5.32 Å². The Hall–Kier alpha value is -0.530. The van der Waals surface area contributed by atoms with Crippen molar-refractivity contribution in [2.75, 3.05) is 6.54 Å². The lowest BCUT2D eigenvalue weighted by atomic mass is 9.75. The van der Waals surface area contributed by atoms with Crippen molar-refractivity contribution < 1.29 is 4.79 Å². The van der Waals surface area contributed by atoms with Gasteiger partial charge in [-0.25, -0.2) is 0 Å². The first-order valence-corrected chi connectivity index (χ1v) is 4.83. The van der Waals surface area contributed by atoms with Crippen LogP contribution in [-0.4, -0.2) is 12.5 Å². The van der Waals surface area contributed by atoms with Crippen LogP contribution >= 0.6 is 0 Å². The summed E-state index contributed by atoms with van der Waals surface area (Å²) in [6.07, 6.45) is 3.15. The SMILES string of the molecule is CCCC(C)(C)C1CNC(=O)C1. The zero-order valence-electron chi connectivity index (χ0n) is 8.31. The van der Waals surface area contributed by atoms with E-state index < -0.39 is 0 Å². The molecule has 1 aliphatic heterocycles. The van der Waals surface area contributed by atoms with Crippen molar-refractivity contribution in [2.45, 2.75) is 40.0 Å². The van der Waals surface area contributed by atoms with Crippen LogP contribution in [0.15, 0.2) is 0 Å². The van der Waals surface area contributed by atoms with Gasteiger partial charge in [0.1, 0.15) is 0 Å². The molecule has 1 heterocycles. The largest absolute Gasteiger partial charge is 0.356 e. The van der Waals surface area contributed by atoms with Crippen LogP contribution in [0.1, 0.15) is 40.0 Å². The number of carbonyl (C=O) groups excluding carboxylic acids is 1. The highest BCUT2D eigenvalue weighted by molar-refractivity contribution is 5.78. The molecule has 12 heavy (non-hydrogen) atoms. The highest BCUT2D eigenvalue weighted by Crippen LogP contribution is 2.35. The maximum absolute atomic E-state index is 11.0. The van der Waals surface area contributed by atoms with E-state index in [1.54, 1.807) is 0 Å². The normalized spacial score (nSPS) is 24.2. The first-order valence-electron chi connectivity index (χ1n) is 4.83. The summed E-state index contributed by atoms with van der Waals surface area (Å²) in [5.41, 5.74) is 0.327. The summed E-state index contributed by atoms with van der Waals surface area (Å²) in [5.74, 6) is 0.772. The third-order valence-corrected chi connectivity index (χ3v) is 2.98. The molecule has 1 aliphatic rings. The predicted octanol–water partition coefficient (Wildman–Crippen LogP) is 1.95. The van der Waals surface area contributed by atoms with Crippen LogP contribution in [0.5, 0.6) is 0 Å². The van der Waals surface area contributed by atoms with Crippen LogP contribution in [-0.2, 0) is 4.79 Å². The molecule has 0 saturated carbocycles. The monoisotopic (exact) mass is 169 g/mol. The maximum Gasteiger partial charge on any atom is 0.220 e. The number of nitrogens with one attached hydrogen (secondary N) is 1. The Kier molecular flexibility index (Phi) is 2.76. The summed E-state index contributed by atoms with van der Waals surface area (Å²) in [5, 5.41) is 2.90. The lowest BCUT2D eigenvalue weighted by Gasteiger charge is -2.29. The first-order chi connectivity index (χ1) is 5.56. The van der Waals surface area contributed by atoms with E-state index in [1.165, 1.54) is 12.8 Å². The minimum Gasteiger partial charge on any atom is -0.356 e. The summed E-state index contributed by atoms with van der Waals surface area (Å²) in [6, 6.07) is 0. The van der Waals surface area contributed by atoms with Gasteiger partial charge in [-0.2, -0.15) is 0 Å². The van der Waals surface area contributed by atoms with Crippen LogP contribution < -0.4 is 5.32 Å². The molecule has 1 fully saturated rings. The lowest BCUT2D eigenvalue weighted by Crippen LogP contribution is -2.25. The van der Waals surface area contributed by atoms with Gasteiger partial charge in [0.15, 0.2) is 0 Å². The molecule has 0 aromatic heterocycles. The van der Waals surface area contributed by atoms with Crippen LogP contribution in [0.25, 0.3) is 0 Å². The van der Waals surface area contributed by atoms with E-state index in [2.05, 4.69) is 26.1 Å². The molecule has 1 N–H and O–H groups in total. The van der Waals surface area contributed by atoms with Crippen LogP contribution in [0, 0.1) is 11.3 Å². The van der Waals surface area contributed by atoms with Gasteiger partial charge >= 0.3 is 0 Å².